The Kier molecular flexibility index (Phi) is 7.09. The normalized spacial score (nSPS) is 12.3. The van der Waals surface area contributed by atoms with Gasteiger partial charge in [-0.3, -0.25) is 0 Å². The maximum Gasteiger partial charge on any atom is 0.0501 e. The summed E-state index contributed by atoms with van der Waals surface area (Å²) in [4.78, 5) is 2.40. The van der Waals surface area contributed by atoms with Gasteiger partial charge in [0.25, 0.3) is 0 Å². The average Bonchev–Trinajstić information content (AvgIpc) is 3.57. The van der Waals surface area contributed by atoms with Crippen molar-refractivity contribution in [2.24, 2.45) is 7.05 Å². The van der Waals surface area contributed by atoms with E-state index in [2.05, 4.69) is 218 Å². The van der Waals surface area contributed by atoms with Crippen LogP contribution in [0.5, 0.6) is 0 Å². The van der Waals surface area contributed by atoms with Crippen LogP contribution < -0.4 is 4.90 Å². The Bertz CT molecular complexity index is 3470. The first-order valence-corrected chi connectivity index (χ1v) is 20.1. The van der Waals surface area contributed by atoms with E-state index >= 15 is 0 Å². The van der Waals surface area contributed by atoms with Crippen LogP contribution in [0.25, 0.3) is 110 Å². The van der Waals surface area contributed by atoms with Crippen LogP contribution >= 0.6 is 0 Å². The van der Waals surface area contributed by atoms with Crippen molar-refractivity contribution in [3.63, 3.8) is 0 Å². The van der Waals surface area contributed by atoms with Gasteiger partial charge in [-0.25, -0.2) is 0 Å². The van der Waals surface area contributed by atoms with Crippen molar-refractivity contribution < 1.29 is 0 Å². The minimum atomic E-state index is 1.22. The van der Waals surface area contributed by atoms with Crippen molar-refractivity contribution in [1.82, 2.24) is 4.57 Å². The highest BCUT2D eigenvalue weighted by atomic mass is 15.1. The second-order valence-corrected chi connectivity index (χ2v) is 15.8. The fourth-order valence-corrected chi connectivity index (χ4v) is 10.00. The van der Waals surface area contributed by atoms with E-state index in [1.807, 2.05) is 0 Å². The van der Waals surface area contributed by atoms with Gasteiger partial charge in [0.15, 0.2) is 0 Å². The van der Waals surface area contributed by atoms with Gasteiger partial charge in [0.05, 0.1) is 5.52 Å². The third kappa shape index (κ3) is 4.72. The van der Waals surface area contributed by atoms with Gasteiger partial charge in [-0.2, -0.15) is 0 Å². The first-order chi connectivity index (χ1) is 28.6. The molecular weight excluding hydrogens is 701 g/mol. The third-order valence-electron chi connectivity index (χ3n) is 12.7. The van der Waals surface area contributed by atoms with Crippen LogP contribution in [0.1, 0.15) is 0 Å². The summed E-state index contributed by atoms with van der Waals surface area (Å²) in [6, 6.07) is 71.8. The Morgan fingerprint density at radius 1 is 0.310 bits per heavy atom. The quantitative estimate of drug-likeness (QED) is 0.175. The molecule has 2 heterocycles. The number of nitrogens with zero attached hydrogens (tertiary/aromatic N) is 2. The number of hydrogen-bond donors (Lipinski definition) is 0. The standard InChI is InChI=1S/C56H38N2/c1-57-49-23-13-22-47-55-46-31-27-40(54-42-21-12-10-19-38(42)25-29-44(54)36-16-7-4-8-17-36)33-51(46)58(2)52(55)34-48(56(47)49)45-30-26-39(32-50(45)57)53-41-20-11-9-18-37(41)24-28-43(53)35-14-5-3-6-15-35/h3-34H,1-2H3. The summed E-state index contributed by atoms with van der Waals surface area (Å²) < 4.78 is 2.42. The number of aromatic nitrogens is 1. The second kappa shape index (κ2) is 12.5. The lowest BCUT2D eigenvalue weighted by molar-refractivity contribution is 1.01. The van der Waals surface area contributed by atoms with E-state index in [9.17, 15) is 0 Å². The lowest BCUT2D eigenvalue weighted by atomic mass is 9.85. The first kappa shape index (κ1) is 32.8. The second-order valence-electron chi connectivity index (χ2n) is 15.8. The molecule has 12 rings (SSSR count). The predicted molar refractivity (Wildman–Crippen MR) is 248 cm³/mol. The molecule has 11 aromatic rings. The molecule has 0 N–H and O–H groups in total. The van der Waals surface area contributed by atoms with Crippen LogP contribution in [0.2, 0.25) is 0 Å². The zero-order chi connectivity index (χ0) is 38.5. The molecule has 0 aliphatic carbocycles. The fraction of sp³-hybridized carbons (Fsp3) is 0.0357. The Hall–Kier alpha value is -7.42. The number of hydrogen-bond acceptors (Lipinski definition) is 1. The van der Waals surface area contributed by atoms with Gasteiger partial charge in [0, 0.05) is 52.7 Å². The minimum absolute atomic E-state index is 1.22. The fourth-order valence-electron chi connectivity index (χ4n) is 10.00. The van der Waals surface area contributed by atoms with Gasteiger partial charge in [0.2, 0.25) is 0 Å². The Morgan fingerprint density at radius 2 is 0.862 bits per heavy atom. The van der Waals surface area contributed by atoms with Crippen LogP contribution in [0.4, 0.5) is 11.4 Å². The number of fused-ring (bicyclic) bond motifs is 8. The molecule has 2 nitrogen and oxygen atoms in total. The molecule has 0 atom stereocenters. The lowest BCUT2D eigenvalue weighted by Gasteiger charge is -2.31. The summed E-state index contributed by atoms with van der Waals surface area (Å²) >= 11 is 0. The number of rotatable bonds is 4. The molecule has 2 heteroatoms. The van der Waals surface area contributed by atoms with Crippen molar-refractivity contribution in [2.45, 2.75) is 0 Å². The maximum atomic E-state index is 2.45. The summed E-state index contributed by atoms with van der Waals surface area (Å²) in [6.45, 7) is 0. The third-order valence-corrected chi connectivity index (χ3v) is 12.7. The van der Waals surface area contributed by atoms with E-state index in [0.29, 0.717) is 0 Å². The first-order valence-electron chi connectivity index (χ1n) is 20.1. The highest BCUT2D eigenvalue weighted by Gasteiger charge is 2.27. The molecule has 58 heavy (non-hydrogen) atoms. The van der Waals surface area contributed by atoms with E-state index in [-0.39, 0.29) is 0 Å². The highest BCUT2D eigenvalue weighted by Crippen LogP contribution is 2.52. The minimum Gasteiger partial charge on any atom is -0.344 e. The summed E-state index contributed by atoms with van der Waals surface area (Å²) in [5, 5.41) is 10.2. The molecule has 1 aliphatic rings. The van der Waals surface area contributed by atoms with Crippen LogP contribution in [0, 0.1) is 0 Å². The van der Waals surface area contributed by atoms with Crippen molar-refractivity contribution in [3.05, 3.63) is 194 Å². The van der Waals surface area contributed by atoms with Crippen molar-refractivity contribution in [2.75, 3.05) is 11.9 Å². The SMILES string of the molecule is CN1c2cc(-c3c(-c4ccccc4)ccc4ccccc34)ccc2-c2cc3c(c4cccc1c24)c1ccc(-c2c(-c4ccccc4)ccc4ccccc24)cc1n3C. The molecule has 0 bridgehead atoms. The Labute approximate surface area is 337 Å². The van der Waals surface area contributed by atoms with Gasteiger partial charge in [-0.05, 0) is 101 Å². The molecule has 272 valence electrons. The van der Waals surface area contributed by atoms with Gasteiger partial charge < -0.3 is 9.47 Å². The zero-order valence-corrected chi connectivity index (χ0v) is 32.4. The van der Waals surface area contributed by atoms with Gasteiger partial charge in [-0.15, -0.1) is 0 Å². The molecule has 0 unspecified atom stereocenters. The highest BCUT2D eigenvalue weighted by molar-refractivity contribution is 6.28. The average molecular weight is 739 g/mol. The largest absolute Gasteiger partial charge is 0.344 e. The van der Waals surface area contributed by atoms with Crippen LogP contribution in [0.3, 0.4) is 0 Å². The number of benzene rings is 10. The van der Waals surface area contributed by atoms with E-state index < -0.39 is 0 Å². The molecule has 0 saturated heterocycles. The lowest BCUT2D eigenvalue weighted by Crippen LogP contribution is -2.15. The van der Waals surface area contributed by atoms with E-state index in [1.54, 1.807) is 0 Å². The van der Waals surface area contributed by atoms with Crippen LogP contribution in [-0.4, -0.2) is 11.6 Å². The molecule has 0 radical (unpaired) electrons. The summed E-state index contributed by atoms with van der Waals surface area (Å²) in [7, 11) is 4.47. The van der Waals surface area contributed by atoms with E-state index in [0.717, 1.165) is 0 Å². The monoisotopic (exact) mass is 738 g/mol. The summed E-state index contributed by atoms with van der Waals surface area (Å²) in [6.07, 6.45) is 0. The molecular formula is C56H38N2. The molecule has 0 amide bonds. The summed E-state index contributed by atoms with van der Waals surface area (Å²) in [5.41, 5.74) is 17.4. The zero-order valence-electron chi connectivity index (χ0n) is 32.4. The van der Waals surface area contributed by atoms with Crippen molar-refractivity contribution >= 4 is 65.5 Å². The predicted octanol–water partition coefficient (Wildman–Crippen LogP) is 15.2. The van der Waals surface area contributed by atoms with Gasteiger partial charge >= 0.3 is 0 Å². The molecule has 1 aromatic heterocycles. The smallest absolute Gasteiger partial charge is 0.0501 e. The van der Waals surface area contributed by atoms with Crippen molar-refractivity contribution in [3.8, 4) is 55.6 Å². The van der Waals surface area contributed by atoms with Crippen LogP contribution in [0.15, 0.2) is 194 Å². The Morgan fingerprint density at radius 3 is 1.52 bits per heavy atom. The van der Waals surface area contributed by atoms with Gasteiger partial charge in [-0.1, -0.05) is 170 Å². The molecule has 0 fully saturated rings. The number of aryl methyl sites for hydroxylation is 1. The number of anilines is 2. The van der Waals surface area contributed by atoms with E-state index in [1.165, 1.54) is 121 Å². The van der Waals surface area contributed by atoms with Gasteiger partial charge in [0.1, 0.15) is 0 Å². The molecule has 0 spiro atoms. The molecule has 0 saturated carbocycles. The topological polar surface area (TPSA) is 8.17 Å². The summed E-state index contributed by atoms with van der Waals surface area (Å²) in [5.74, 6) is 0. The molecule has 1 aliphatic heterocycles. The maximum absolute atomic E-state index is 2.45. The van der Waals surface area contributed by atoms with Crippen molar-refractivity contribution in [1.29, 1.82) is 0 Å². The Balaban J connectivity index is 1.08. The molecule has 10 aromatic carbocycles. The van der Waals surface area contributed by atoms with Crippen LogP contribution in [-0.2, 0) is 7.05 Å². The van der Waals surface area contributed by atoms with E-state index in [4.69, 9.17) is 0 Å².